The normalized spacial score (nSPS) is 11.1. The molecule has 2 N–H and O–H groups in total. The molecule has 0 aliphatic rings. The van der Waals surface area contributed by atoms with Crippen LogP contribution in [0.5, 0.6) is 0 Å². The number of hydrogen-bond donors (Lipinski definition) is 2. The summed E-state index contributed by atoms with van der Waals surface area (Å²) in [4.78, 5) is 11.9. The lowest BCUT2D eigenvalue weighted by molar-refractivity contribution is -0.115. The fourth-order valence-corrected chi connectivity index (χ4v) is 1.69. The van der Waals surface area contributed by atoms with Crippen molar-refractivity contribution >= 4 is 11.6 Å². The maximum Gasteiger partial charge on any atom is 0.274 e. The van der Waals surface area contributed by atoms with Crippen molar-refractivity contribution in [2.45, 2.75) is 6.54 Å². The highest BCUT2D eigenvalue weighted by Crippen LogP contribution is 2.02. The van der Waals surface area contributed by atoms with Crippen LogP contribution in [0.3, 0.4) is 0 Å². The topological polar surface area (TPSA) is 61.7 Å². The van der Waals surface area contributed by atoms with E-state index in [1.807, 2.05) is 36.4 Å². The van der Waals surface area contributed by atoms with E-state index >= 15 is 0 Å². The smallest absolute Gasteiger partial charge is 0.274 e. The minimum Gasteiger partial charge on any atom is -0.410 e. The first-order chi connectivity index (χ1) is 9.31. The number of rotatable bonds is 4. The number of benzene rings is 2. The highest BCUT2D eigenvalue weighted by molar-refractivity contribution is 6.45. The number of amides is 1. The molecule has 0 heterocycles. The second kappa shape index (κ2) is 6.35. The largest absolute Gasteiger partial charge is 0.410 e. The lowest BCUT2D eigenvalue weighted by atomic mass is 10.1. The highest BCUT2D eigenvalue weighted by atomic mass is 16.4. The fourth-order valence-electron chi connectivity index (χ4n) is 1.69. The van der Waals surface area contributed by atoms with Crippen molar-refractivity contribution in [3.05, 3.63) is 71.8 Å². The minimum absolute atomic E-state index is 0.0107. The molecule has 0 bridgehead atoms. The van der Waals surface area contributed by atoms with Crippen LogP contribution < -0.4 is 5.32 Å². The van der Waals surface area contributed by atoms with Gasteiger partial charge in [-0.1, -0.05) is 65.8 Å². The molecule has 2 rings (SSSR count). The first-order valence-corrected chi connectivity index (χ1v) is 5.91. The standard InChI is InChI=1S/C15H14N2O2/c18-15(16-11-12-7-3-1-4-8-12)14(17-19)13-9-5-2-6-10-13/h1-10,19H,11H2,(H,16,18). The van der Waals surface area contributed by atoms with Gasteiger partial charge in [-0.15, -0.1) is 0 Å². The fraction of sp³-hybridized carbons (Fsp3) is 0.0667. The average Bonchev–Trinajstić information content (AvgIpc) is 2.48. The van der Waals surface area contributed by atoms with Gasteiger partial charge in [-0.3, -0.25) is 4.79 Å². The van der Waals surface area contributed by atoms with Gasteiger partial charge in [0.2, 0.25) is 0 Å². The van der Waals surface area contributed by atoms with E-state index in [0.29, 0.717) is 12.1 Å². The maximum absolute atomic E-state index is 11.9. The lowest BCUT2D eigenvalue weighted by Gasteiger charge is -2.06. The summed E-state index contributed by atoms with van der Waals surface area (Å²) in [6.07, 6.45) is 0. The number of hydrogen-bond acceptors (Lipinski definition) is 3. The van der Waals surface area contributed by atoms with Gasteiger partial charge in [0.15, 0.2) is 5.71 Å². The van der Waals surface area contributed by atoms with Gasteiger partial charge in [0, 0.05) is 12.1 Å². The van der Waals surface area contributed by atoms with Crippen molar-refractivity contribution in [1.82, 2.24) is 5.32 Å². The summed E-state index contributed by atoms with van der Waals surface area (Å²) in [5.41, 5.74) is 1.58. The van der Waals surface area contributed by atoms with E-state index in [0.717, 1.165) is 5.56 Å². The lowest BCUT2D eigenvalue weighted by Crippen LogP contribution is -2.31. The molecule has 1 amide bonds. The number of oxime groups is 1. The van der Waals surface area contributed by atoms with Crippen molar-refractivity contribution in [3.63, 3.8) is 0 Å². The Hall–Kier alpha value is -2.62. The summed E-state index contributed by atoms with van der Waals surface area (Å²) in [5.74, 6) is -0.405. The third-order valence-corrected chi connectivity index (χ3v) is 2.66. The number of carbonyl (C=O) groups is 1. The Labute approximate surface area is 111 Å². The Morgan fingerprint density at radius 2 is 1.58 bits per heavy atom. The van der Waals surface area contributed by atoms with E-state index in [9.17, 15) is 4.79 Å². The quantitative estimate of drug-likeness (QED) is 0.499. The average molecular weight is 254 g/mol. The highest BCUT2D eigenvalue weighted by Gasteiger charge is 2.13. The molecule has 4 nitrogen and oxygen atoms in total. The predicted octanol–water partition coefficient (Wildman–Crippen LogP) is 2.18. The molecule has 0 spiro atoms. The first-order valence-electron chi connectivity index (χ1n) is 5.91. The summed E-state index contributed by atoms with van der Waals surface area (Å²) in [5, 5.41) is 14.8. The zero-order valence-corrected chi connectivity index (χ0v) is 10.3. The van der Waals surface area contributed by atoms with Gasteiger partial charge in [0.05, 0.1) is 0 Å². The molecular formula is C15H14N2O2. The van der Waals surface area contributed by atoms with E-state index in [-0.39, 0.29) is 5.71 Å². The summed E-state index contributed by atoms with van der Waals surface area (Å²) < 4.78 is 0. The molecule has 0 fully saturated rings. The molecule has 2 aromatic rings. The Kier molecular flexibility index (Phi) is 4.29. The van der Waals surface area contributed by atoms with Crippen LogP contribution in [0.4, 0.5) is 0 Å². The predicted molar refractivity (Wildman–Crippen MR) is 73.1 cm³/mol. The number of nitrogens with one attached hydrogen (secondary N) is 1. The molecule has 0 aromatic heterocycles. The zero-order valence-electron chi connectivity index (χ0n) is 10.3. The molecule has 0 saturated heterocycles. The van der Waals surface area contributed by atoms with Crippen LogP contribution in [0.1, 0.15) is 11.1 Å². The van der Waals surface area contributed by atoms with Gasteiger partial charge >= 0.3 is 0 Å². The third kappa shape index (κ3) is 3.42. The van der Waals surface area contributed by atoms with Gasteiger partial charge in [0.1, 0.15) is 0 Å². The van der Waals surface area contributed by atoms with Gasteiger partial charge < -0.3 is 10.5 Å². The van der Waals surface area contributed by atoms with Crippen LogP contribution in [0, 0.1) is 0 Å². The van der Waals surface area contributed by atoms with Crippen LogP contribution in [0.2, 0.25) is 0 Å². The van der Waals surface area contributed by atoms with Crippen LogP contribution in [0.15, 0.2) is 65.8 Å². The molecule has 0 atom stereocenters. The molecule has 19 heavy (non-hydrogen) atoms. The van der Waals surface area contributed by atoms with E-state index in [1.165, 1.54) is 0 Å². The summed E-state index contributed by atoms with van der Waals surface area (Å²) in [6.45, 7) is 0.394. The molecule has 0 aliphatic carbocycles. The van der Waals surface area contributed by atoms with Crippen LogP contribution >= 0.6 is 0 Å². The monoisotopic (exact) mass is 254 g/mol. The Morgan fingerprint density at radius 1 is 1.00 bits per heavy atom. The minimum atomic E-state index is -0.405. The molecule has 0 unspecified atom stereocenters. The van der Waals surface area contributed by atoms with E-state index in [2.05, 4.69) is 10.5 Å². The summed E-state index contributed by atoms with van der Waals surface area (Å²) >= 11 is 0. The van der Waals surface area contributed by atoms with Crippen molar-refractivity contribution in [2.75, 3.05) is 0 Å². The summed E-state index contributed by atoms with van der Waals surface area (Å²) in [7, 11) is 0. The molecular weight excluding hydrogens is 240 g/mol. The SMILES string of the molecule is O=C(NCc1ccccc1)C(=NO)c1ccccc1. The van der Waals surface area contributed by atoms with Crippen LogP contribution in [0.25, 0.3) is 0 Å². The van der Waals surface area contributed by atoms with Crippen molar-refractivity contribution in [3.8, 4) is 0 Å². The van der Waals surface area contributed by atoms with Crippen LogP contribution in [-0.2, 0) is 11.3 Å². The molecule has 96 valence electrons. The molecule has 0 aliphatic heterocycles. The van der Waals surface area contributed by atoms with Gasteiger partial charge in [-0.05, 0) is 5.56 Å². The maximum atomic E-state index is 11.9. The number of nitrogens with zero attached hydrogens (tertiary/aromatic N) is 1. The van der Waals surface area contributed by atoms with E-state index in [4.69, 9.17) is 5.21 Å². The van der Waals surface area contributed by atoms with Crippen LogP contribution in [-0.4, -0.2) is 16.8 Å². The molecule has 0 saturated carbocycles. The molecule has 2 aromatic carbocycles. The first kappa shape index (κ1) is 12.8. The third-order valence-electron chi connectivity index (χ3n) is 2.66. The van der Waals surface area contributed by atoms with Gasteiger partial charge in [-0.25, -0.2) is 0 Å². The zero-order chi connectivity index (χ0) is 13.5. The van der Waals surface area contributed by atoms with E-state index < -0.39 is 5.91 Å². The second-order valence-electron chi connectivity index (χ2n) is 3.98. The van der Waals surface area contributed by atoms with Gasteiger partial charge in [-0.2, -0.15) is 0 Å². The number of carbonyl (C=O) groups excluding carboxylic acids is 1. The van der Waals surface area contributed by atoms with Gasteiger partial charge in [0.25, 0.3) is 5.91 Å². The van der Waals surface area contributed by atoms with Crippen molar-refractivity contribution < 1.29 is 10.0 Å². The molecule has 4 heteroatoms. The van der Waals surface area contributed by atoms with Crippen molar-refractivity contribution in [2.24, 2.45) is 5.16 Å². The Bertz CT molecular complexity index is 565. The second-order valence-corrected chi connectivity index (χ2v) is 3.98. The summed E-state index contributed by atoms with van der Waals surface area (Å²) in [6, 6.07) is 18.4. The molecule has 0 radical (unpaired) electrons. The Balaban J connectivity index is 2.03. The van der Waals surface area contributed by atoms with E-state index in [1.54, 1.807) is 24.3 Å². The Morgan fingerprint density at radius 3 is 2.16 bits per heavy atom. The van der Waals surface area contributed by atoms with Crippen molar-refractivity contribution in [1.29, 1.82) is 0 Å².